The Morgan fingerprint density at radius 1 is 1.44 bits per heavy atom. The molecule has 3 rings (SSSR count). The zero-order valence-electron chi connectivity index (χ0n) is 9.28. The van der Waals surface area contributed by atoms with Crippen molar-refractivity contribution in [1.29, 1.82) is 0 Å². The van der Waals surface area contributed by atoms with Gasteiger partial charge in [0.25, 0.3) is 0 Å². The quantitative estimate of drug-likeness (QED) is 0.825. The molecule has 1 spiro atoms. The SMILES string of the molecule is O=C(Nc1cccnc1)C1CC12CCCC2. The summed E-state index contributed by atoms with van der Waals surface area (Å²) in [5.41, 5.74) is 1.19. The molecule has 1 aromatic heterocycles. The van der Waals surface area contributed by atoms with Crippen molar-refractivity contribution >= 4 is 11.6 Å². The fraction of sp³-hybridized carbons (Fsp3) is 0.538. The molecule has 84 valence electrons. The first kappa shape index (κ1) is 9.82. The number of rotatable bonds is 2. The molecule has 1 atom stereocenters. The first-order valence-corrected chi connectivity index (χ1v) is 6.01. The molecule has 2 aliphatic carbocycles. The maximum absolute atomic E-state index is 12.0. The number of aromatic nitrogens is 1. The third-order valence-electron chi connectivity index (χ3n) is 4.03. The summed E-state index contributed by atoms with van der Waals surface area (Å²) >= 11 is 0. The van der Waals surface area contributed by atoms with Crippen LogP contribution in [0.25, 0.3) is 0 Å². The Balaban J connectivity index is 1.63. The molecule has 2 aliphatic rings. The van der Waals surface area contributed by atoms with E-state index in [0.29, 0.717) is 5.41 Å². The van der Waals surface area contributed by atoms with E-state index in [1.807, 2.05) is 12.1 Å². The molecular formula is C13H16N2O. The van der Waals surface area contributed by atoms with Crippen molar-refractivity contribution in [1.82, 2.24) is 4.98 Å². The van der Waals surface area contributed by atoms with Crippen molar-refractivity contribution in [2.24, 2.45) is 11.3 Å². The standard InChI is InChI=1S/C13H16N2O/c16-12(15-10-4-3-7-14-9-10)11-8-13(11)5-1-2-6-13/h3-4,7,9,11H,1-2,5-6,8H2,(H,15,16). The van der Waals surface area contributed by atoms with Gasteiger partial charge in [-0.2, -0.15) is 0 Å². The Morgan fingerprint density at radius 2 is 2.25 bits per heavy atom. The summed E-state index contributed by atoms with van der Waals surface area (Å²) in [6, 6.07) is 3.72. The number of hydrogen-bond acceptors (Lipinski definition) is 2. The topological polar surface area (TPSA) is 42.0 Å². The van der Waals surface area contributed by atoms with Crippen LogP contribution in [-0.4, -0.2) is 10.9 Å². The Hall–Kier alpha value is -1.38. The highest BCUT2D eigenvalue weighted by Crippen LogP contribution is 2.62. The van der Waals surface area contributed by atoms with Crippen LogP contribution in [0.2, 0.25) is 0 Å². The Labute approximate surface area is 95.3 Å². The van der Waals surface area contributed by atoms with Crippen molar-refractivity contribution in [3.8, 4) is 0 Å². The zero-order chi connectivity index (χ0) is 11.0. The molecule has 16 heavy (non-hydrogen) atoms. The Morgan fingerprint density at radius 3 is 2.94 bits per heavy atom. The lowest BCUT2D eigenvalue weighted by Crippen LogP contribution is -2.17. The lowest BCUT2D eigenvalue weighted by atomic mass is 10.0. The molecule has 1 heterocycles. The second-order valence-electron chi connectivity index (χ2n) is 5.06. The van der Waals surface area contributed by atoms with Crippen LogP contribution in [0, 0.1) is 11.3 Å². The van der Waals surface area contributed by atoms with Crippen molar-refractivity contribution in [3.63, 3.8) is 0 Å². The van der Waals surface area contributed by atoms with E-state index in [4.69, 9.17) is 0 Å². The lowest BCUT2D eigenvalue weighted by molar-refractivity contribution is -0.118. The highest BCUT2D eigenvalue weighted by molar-refractivity contribution is 5.94. The summed E-state index contributed by atoms with van der Waals surface area (Å²) in [4.78, 5) is 16.0. The van der Waals surface area contributed by atoms with Gasteiger partial charge in [-0.3, -0.25) is 9.78 Å². The molecule has 2 fully saturated rings. The first-order chi connectivity index (χ1) is 7.80. The van der Waals surface area contributed by atoms with Gasteiger partial charge in [0.1, 0.15) is 0 Å². The molecule has 0 bridgehead atoms. The largest absolute Gasteiger partial charge is 0.324 e. The van der Waals surface area contributed by atoms with Gasteiger partial charge in [0.15, 0.2) is 0 Å². The summed E-state index contributed by atoms with van der Waals surface area (Å²) < 4.78 is 0. The van der Waals surface area contributed by atoms with Crippen molar-refractivity contribution in [2.75, 3.05) is 5.32 Å². The van der Waals surface area contributed by atoms with Gasteiger partial charge in [-0.05, 0) is 36.8 Å². The molecule has 0 aliphatic heterocycles. The molecule has 2 saturated carbocycles. The molecule has 0 aromatic carbocycles. The van der Waals surface area contributed by atoms with Gasteiger partial charge in [0.05, 0.1) is 11.9 Å². The van der Waals surface area contributed by atoms with Gasteiger partial charge in [0, 0.05) is 12.1 Å². The molecule has 1 unspecified atom stereocenters. The van der Waals surface area contributed by atoms with E-state index >= 15 is 0 Å². The second kappa shape index (κ2) is 3.58. The predicted molar refractivity (Wildman–Crippen MR) is 61.9 cm³/mol. The third-order valence-corrected chi connectivity index (χ3v) is 4.03. The van der Waals surface area contributed by atoms with Crippen LogP contribution in [0.15, 0.2) is 24.5 Å². The number of carbonyl (C=O) groups excluding carboxylic acids is 1. The van der Waals surface area contributed by atoms with Crippen LogP contribution in [0.5, 0.6) is 0 Å². The smallest absolute Gasteiger partial charge is 0.228 e. The van der Waals surface area contributed by atoms with Crippen LogP contribution in [0.1, 0.15) is 32.1 Å². The average Bonchev–Trinajstić information content (AvgIpc) is 2.79. The summed E-state index contributed by atoms with van der Waals surface area (Å²) in [6.45, 7) is 0. The van der Waals surface area contributed by atoms with E-state index in [9.17, 15) is 4.79 Å². The normalized spacial score (nSPS) is 25.6. The molecule has 0 radical (unpaired) electrons. The summed E-state index contributed by atoms with van der Waals surface area (Å²) in [5, 5.41) is 2.95. The van der Waals surface area contributed by atoms with Crippen LogP contribution in [-0.2, 0) is 4.79 Å². The molecule has 1 amide bonds. The summed E-state index contributed by atoms with van der Waals surface area (Å²) in [5.74, 6) is 0.449. The molecule has 0 saturated heterocycles. The highest BCUT2D eigenvalue weighted by atomic mass is 16.2. The molecular weight excluding hydrogens is 200 g/mol. The minimum atomic E-state index is 0.190. The number of amides is 1. The fourth-order valence-electron chi connectivity index (χ4n) is 3.02. The monoisotopic (exact) mass is 216 g/mol. The maximum atomic E-state index is 12.0. The molecule has 1 N–H and O–H groups in total. The fourth-order valence-corrected chi connectivity index (χ4v) is 3.02. The van der Waals surface area contributed by atoms with E-state index in [-0.39, 0.29) is 11.8 Å². The summed E-state index contributed by atoms with van der Waals surface area (Å²) in [6.07, 6.45) is 9.61. The maximum Gasteiger partial charge on any atom is 0.228 e. The Bertz CT molecular complexity index is 396. The number of nitrogens with one attached hydrogen (secondary N) is 1. The van der Waals surface area contributed by atoms with Crippen LogP contribution < -0.4 is 5.32 Å². The highest BCUT2D eigenvalue weighted by Gasteiger charge is 2.58. The van der Waals surface area contributed by atoms with E-state index in [1.54, 1.807) is 12.4 Å². The van der Waals surface area contributed by atoms with E-state index in [1.165, 1.54) is 25.7 Å². The van der Waals surface area contributed by atoms with Crippen molar-refractivity contribution in [2.45, 2.75) is 32.1 Å². The van der Waals surface area contributed by atoms with Gasteiger partial charge >= 0.3 is 0 Å². The predicted octanol–water partition coefficient (Wildman–Crippen LogP) is 2.60. The van der Waals surface area contributed by atoms with Gasteiger partial charge < -0.3 is 5.32 Å². The minimum Gasteiger partial charge on any atom is -0.324 e. The van der Waals surface area contributed by atoms with E-state index in [0.717, 1.165) is 12.1 Å². The van der Waals surface area contributed by atoms with Gasteiger partial charge in [-0.15, -0.1) is 0 Å². The number of nitrogens with zero attached hydrogens (tertiary/aromatic N) is 1. The second-order valence-corrected chi connectivity index (χ2v) is 5.06. The van der Waals surface area contributed by atoms with Crippen molar-refractivity contribution in [3.05, 3.63) is 24.5 Å². The Kier molecular flexibility index (Phi) is 2.20. The minimum absolute atomic E-state index is 0.190. The number of carbonyl (C=O) groups is 1. The van der Waals surface area contributed by atoms with Crippen LogP contribution in [0.3, 0.4) is 0 Å². The molecule has 3 nitrogen and oxygen atoms in total. The zero-order valence-corrected chi connectivity index (χ0v) is 9.28. The van der Waals surface area contributed by atoms with Gasteiger partial charge in [-0.1, -0.05) is 12.8 Å². The lowest BCUT2D eigenvalue weighted by Gasteiger charge is -2.08. The summed E-state index contributed by atoms with van der Waals surface area (Å²) in [7, 11) is 0. The van der Waals surface area contributed by atoms with E-state index < -0.39 is 0 Å². The van der Waals surface area contributed by atoms with Crippen LogP contribution in [0.4, 0.5) is 5.69 Å². The molecule has 1 aromatic rings. The number of hydrogen-bond donors (Lipinski definition) is 1. The molecule has 3 heteroatoms. The average molecular weight is 216 g/mol. The van der Waals surface area contributed by atoms with Gasteiger partial charge in [0.2, 0.25) is 5.91 Å². The first-order valence-electron chi connectivity index (χ1n) is 6.01. The van der Waals surface area contributed by atoms with Crippen molar-refractivity contribution < 1.29 is 4.79 Å². The third kappa shape index (κ3) is 1.60. The number of anilines is 1. The number of pyridine rings is 1. The van der Waals surface area contributed by atoms with E-state index in [2.05, 4.69) is 10.3 Å². The van der Waals surface area contributed by atoms with Gasteiger partial charge in [-0.25, -0.2) is 0 Å². The van der Waals surface area contributed by atoms with Crippen LogP contribution >= 0.6 is 0 Å².